The number of pyridine rings is 1. The van der Waals surface area contributed by atoms with Gasteiger partial charge in [-0.2, -0.15) is 0 Å². The van der Waals surface area contributed by atoms with Crippen molar-refractivity contribution in [3.8, 4) is 11.4 Å². The molecule has 3 rings (SSSR count). The van der Waals surface area contributed by atoms with Gasteiger partial charge in [0.2, 0.25) is 5.91 Å². The molecule has 3 aromatic rings. The number of para-hydroxylation sites is 1. The average Bonchev–Trinajstić information content (AvgIpc) is 3.01. The Morgan fingerprint density at radius 3 is 2.56 bits per heavy atom. The summed E-state index contributed by atoms with van der Waals surface area (Å²) in [6, 6.07) is 13.2. The van der Waals surface area contributed by atoms with Crippen LogP contribution >= 0.6 is 11.8 Å². The fourth-order valence-corrected chi connectivity index (χ4v) is 3.28. The highest BCUT2D eigenvalue weighted by Crippen LogP contribution is 2.27. The molecule has 0 aliphatic rings. The quantitative estimate of drug-likeness (QED) is 0.688. The summed E-state index contributed by atoms with van der Waals surface area (Å²) >= 11 is 1.42. The second kappa shape index (κ2) is 7.94. The van der Waals surface area contributed by atoms with Gasteiger partial charge in [0.25, 0.3) is 0 Å². The molecule has 0 spiro atoms. The first-order valence-corrected chi connectivity index (χ1v) is 8.89. The van der Waals surface area contributed by atoms with Crippen LogP contribution in [-0.2, 0) is 11.8 Å². The predicted molar refractivity (Wildman–Crippen MR) is 99.2 cm³/mol. The molecule has 1 aromatic carbocycles. The average molecular weight is 353 g/mol. The molecule has 0 aliphatic carbocycles. The third-order valence-electron chi connectivity index (χ3n) is 3.73. The molecule has 128 valence electrons. The van der Waals surface area contributed by atoms with E-state index in [1.54, 1.807) is 12.4 Å². The number of carbonyl (C=O) groups excluding carboxylic acids is 1. The summed E-state index contributed by atoms with van der Waals surface area (Å²) in [5, 5.41) is 11.9. The summed E-state index contributed by atoms with van der Waals surface area (Å²) in [5.74, 6) is 0.718. The molecule has 0 saturated heterocycles. The van der Waals surface area contributed by atoms with E-state index in [1.165, 1.54) is 11.8 Å². The van der Waals surface area contributed by atoms with E-state index >= 15 is 0 Å². The molecular weight excluding hydrogens is 334 g/mol. The first-order valence-electron chi connectivity index (χ1n) is 8.01. The van der Waals surface area contributed by atoms with Crippen molar-refractivity contribution in [2.75, 3.05) is 5.32 Å². The number of carbonyl (C=O) groups is 1. The Hall–Kier alpha value is -2.67. The van der Waals surface area contributed by atoms with E-state index in [-0.39, 0.29) is 11.2 Å². The Morgan fingerprint density at radius 1 is 1.16 bits per heavy atom. The summed E-state index contributed by atoms with van der Waals surface area (Å²) in [4.78, 5) is 16.6. The van der Waals surface area contributed by atoms with E-state index < -0.39 is 0 Å². The lowest BCUT2D eigenvalue weighted by atomic mass is 10.2. The number of nitrogens with zero attached hydrogens (tertiary/aromatic N) is 4. The van der Waals surface area contributed by atoms with Crippen molar-refractivity contribution >= 4 is 23.4 Å². The molecule has 0 unspecified atom stereocenters. The standard InChI is InChI=1S/C18H19N5OS/c1-3-15(17(24)20-14-7-5-4-6-8-14)25-18-22-21-16(23(18)2)13-9-11-19-12-10-13/h4-12,15H,3H2,1-2H3,(H,20,24)/t15-/m0/s1. The van der Waals surface area contributed by atoms with E-state index in [2.05, 4.69) is 20.5 Å². The second-order valence-corrected chi connectivity index (χ2v) is 6.64. The Bertz CT molecular complexity index is 835. The van der Waals surface area contributed by atoms with Crippen LogP contribution in [0.25, 0.3) is 11.4 Å². The van der Waals surface area contributed by atoms with Gasteiger partial charge in [-0.1, -0.05) is 36.9 Å². The number of anilines is 1. The lowest BCUT2D eigenvalue weighted by molar-refractivity contribution is -0.115. The van der Waals surface area contributed by atoms with Gasteiger partial charge >= 0.3 is 0 Å². The molecule has 0 saturated carbocycles. The Morgan fingerprint density at radius 2 is 1.88 bits per heavy atom. The molecule has 0 aliphatic heterocycles. The molecule has 2 aromatic heterocycles. The maximum absolute atomic E-state index is 12.5. The van der Waals surface area contributed by atoms with Crippen LogP contribution in [0.5, 0.6) is 0 Å². The Balaban J connectivity index is 1.74. The molecule has 0 bridgehead atoms. The second-order valence-electron chi connectivity index (χ2n) is 5.47. The first kappa shape index (κ1) is 17.2. The topological polar surface area (TPSA) is 72.7 Å². The summed E-state index contributed by atoms with van der Waals surface area (Å²) in [6.07, 6.45) is 4.14. The summed E-state index contributed by atoms with van der Waals surface area (Å²) in [7, 11) is 1.90. The van der Waals surface area contributed by atoms with Crippen LogP contribution < -0.4 is 5.32 Å². The highest BCUT2D eigenvalue weighted by atomic mass is 32.2. The van der Waals surface area contributed by atoms with Crippen molar-refractivity contribution in [1.82, 2.24) is 19.7 Å². The molecule has 6 nitrogen and oxygen atoms in total. The number of hydrogen-bond donors (Lipinski definition) is 1. The SMILES string of the molecule is CC[C@H](Sc1nnc(-c2ccncc2)n1C)C(=O)Nc1ccccc1. The van der Waals surface area contributed by atoms with Gasteiger partial charge in [-0.05, 0) is 30.7 Å². The fourth-order valence-electron chi connectivity index (χ4n) is 2.36. The van der Waals surface area contributed by atoms with Crippen molar-refractivity contribution < 1.29 is 4.79 Å². The minimum absolute atomic E-state index is 0.0350. The maximum Gasteiger partial charge on any atom is 0.237 e. The molecule has 7 heteroatoms. The van der Waals surface area contributed by atoms with E-state index in [0.717, 1.165) is 17.1 Å². The Labute approximate surface area is 150 Å². The largest absolute Gasteiger partial charge is 0.325 e. The van der Waals surface area contributed by atoms with Crippen molar-refractivity contribution in [1.29, 1.82) is 0 Å². The zero-order valence-corrected chi connectivity index (χ0v) is 14.9. The number of benzene rings is 1. The number of amides is 1. The van der Waals surface area contributed by atoms with E-state index in [0.29, 0.717) is 11.6 Å². The summed E-state index contributed by atoms with van der Waals surface area (Å²) < 4.78 is 1.90. The molecular formula is C18H19N5OS. The molecule has 1 amide bonds. The van der Waals surface area contributed by atoms with Crippen molar-refractivity contribution in [2.45, 2.75) is 23.8 Å². The molecule has 0 radical (unpaired) electrons. The van der Waals surface area contributed by atoms with Gasteiger partial charge in [0.15, 0.2) is 11.0 Å². The number of nitrogens with one attached hydrogen (secondary N) is 1. The van der Waals surface area contributed by atoms with Crippen molar-refractivity contribution in [2.24, 2.45) is 7.05 Å². The maximum atomic E-state index is 12.5. The molecule has 1 N–H and O–H groups in total. The molecule has 25 heavy (non-hydrogen) atoms. The van der Waals surface area contributed by atoms with Gasteiger partial charge < -0.3 is 9.88 Å². The van der Waals surface area contributed by atoms with E-state index in [1.807, 2.05) is 61.0 Å². The van der Waals surface area contributed by atoms with Gasteiger partial charge in [-0.15, -0.1) is 10.2 Å². The summed E-state index contributed by atoms with van der Waals surface area (Å²) in [6.45, 7) is 1.99. The third-order valence-corrected chi connectivity index (χ3v) is 5.12. The van der Waals surface area contributed by atoms with Crippen LogP contribution in [0.4, 0.5) is 5.69 Å². The fraction of sp³-hybridized carbons (Fsp3) is 0.222. The normalized spacial score (nSPS) is 11.9. The highest BCUT2D eigenvalue weighted by Gasteiger charge is 2.22. The minimum atomic E-state index is -0.242. The highest BCUT2D eigenvalue weighted by molar-refractivity contribution is 8.00. The van der Waals surface area contributed by atoms with E-state index in [4.69, 9.17) is 0 Å². The smallest absolute Gasteiger partial charge is 0.237 e. The van der Waals surface area contributed by atoms with Crippen LogP contribution in [0.15, 0.2) is 60.0 Å². The van der Waals surface area contributed by atoms with Crippen molar-refractivity contribution in [3.63, 3.8) is 0 Å². The van der Waals surface area contributed by atoms with Gasteiger partial charge in [0.05, 0.1) is 5.25 Å². The number of aromatic nitrogens is 4. The minimum Gasteiger partial charge on any atom is -0.325 e. The Kier molecular flexibility index (Phi) is 5.45. The predicted octanol–water partition coefficient (Wildman–Crippen LogP) is 3.39. The lowest BCUT2D eigenvalue weighted by Crippen LogP contribution is -2.24. The lowest BCUT2D eigenvalue weighted by Gasteiger charge is -2.14. The van der Waals surface area contributed by atoms with E-state index in [9.17, 15) is 4.79 Å². The van der Waals surface area contributed by atoms with Crippen LogP contribution in [0.1, 0.15) is 13.3 Å². The molecule has 1 atom stereocenters. The summed E-state index contributed by atoms with van der Waals surface area (Å²) in [5.41, 5.74) is 1.74. The monoisotopic (exact) mass is 353 g/mol. The van der Waals surface area contributed by atoms with Crippen LogP contribution in [-0.4, -0.2) is 30.9 Å². The zero-order valence-electron chi connectivity index (χ0n) is 14.1. The zero-order chi connectivity index (χ0) is 17.6. The van der Waals surface area contributed by atoms with Crippen LogP contribution in [0, 0.1) is 0 Å². The van der Waals surface area contributed by atoms with Gasteiger partial charge in [0.1, 0.15) is 0 Å². The number of hydrogen-bond acceptors (Lipinski definition) is 5. The third kappa shape index (κ3) is 4.06. The van der Waals surface area contributed by atoms with Gasteiger partial charge in [-0.3, -0.25) is 9.78 Å². The molecule has 2 heterocycles. The van der Waals surface area contributed by atoms with Crippen molar-refractivity contribution in [3.05, 3.63) is 54.9 Å². The van der Waals surface area contributed by atoms with Gasteiger partial charge in [-0.25, -0.2) is 0 Å². The van der Waals surface area contributed by atoms with Gasteiger partial charge in [0, 0.05) is 30.7 Å². The molecule has 0 fully saturated rings. The number of thioether (sulfide) groups is 1. The van der Waals surface area contributed by atoms with Crippen LogP contribution in [0.2, 0.25) is 0 Å². The first-order chi connectivity index (χ1) is 12.2. The van der Waals surface area contributed by atoms with Crippen LogP contribution in [0.3, 0.4) is 0 Å². The number of rotatable bonds is 6.